The molecule has 0 spiro atoms. The Bertz CT molecular complexity index is 267. The van der Waals surface area contributed by atoms with Crippen LogP contribution in [0.5, 0.6) is 0 Å². The first-order valence-corrected chi connectivity index (χ1v) is 6.90. The van der Waals surface area contributed by atoms with Crippen molar-refractivity contribution in [2.45, 2.75) is 59.1 Å². The van der Waals surface area contributed by atoms with Crippen molar-refractivity contribution in [1.82, 2.24) is 10.2 Å². The van der Waals surface area contributed by atoms with Crippen LogP contribution in [0.4, 0.5) is 4.79 Å². The summed E-state index contributed by atoms with van der Waals surface area (Å²) in [5, 5.41) is 11.9. The number of nitrogens with zero attached hydrogens (tertiary/aromatic N) is 1. The maximum atomic E-state index is 12.2. The van der Waals surface area contributed by atoms with Crippen LogP contribution in [0, 0.1) is 0 Å². The molecule has 0 aromatic carbocycles. The SMILES string of the molecule is CC(C)(C)OC(=O)N(CCNCCCO)C(C)(C)C. The number of rotatable bonds is 6. The highest BCUT2D eigenvalue weighted by Crippen LogP contribution is 2.17. The zero-order valence-electron chi connectivity index (χ0n) is 13.2. The number of ether oxygens (including phenoxy) is 1. The number of aliphatic hydroxyl groups is 1. The largest absolute Gasteiger partial charge is 0.444 e. The van der Waals surface area contributed by atoms with Gasteiger partial charge in [0.15, 0.2) is 0 Å². The fourth-order valence-electron chi connectivity index (χ4n) is 1.54. The fourth-order valence-corrected chi connectivity index (χ4v) is 1.54. The van der Waals surface area contributed by atoms with Crippen LogP contribution in [-0.2, 0) is 4.74 Å². The molecule has 114 valence electrons. The van der Waals surface area contributed by atoms with Crippen LogP contribution in [0.2, 0.25) is 0 Å². The molecule has 1 amide bonds. The smallest absolute Gasteiger partial charge is 0.410 e. The van der Waals surface area contributed by atoms with Crippen LogP contribution in [0.15, 0.2) is 0 Å². The summed E-state index contributed by atoms with van der Waals surface area (Å²) in [4.78, 5) is 13.9. The van der Waals surface area contributed by atoms with Gasteiger partial charge in [0.1, 0.15) is 5.60 Å². The summed E-state index contributed by atoms with van der Waals surface area (Å²) in [5.41, 5.74) is -0.758. The molecule has 2 N–H and O–H groups in total. The van der Waals surface area contributed by atoms with Crippen LogP contribution in [0.25, 0.3) is 0 Å². The van der Waals surface area contributed by atoms with Gasteiger partial charge in [-0.15, -0.1) is 0 Å². The van der Waals surface area contributed by atoms with Gasteiger partial charge in [0.05, 0.1) is 0 Å². The van der Waals surface area contributed by atoms with E-state index in [4.69, 9.17) is 9.84 Å². The molecule has 19 heavy (non-hydrogen) atoms. The Hall–Kier alpha value is -0.810. The minimum absolute atomic E-state index is 0.183. The van der Waals surface area contributed by atoms with Gasteiger partial charge in [0, 0.05) is 25.2 Å². The van der Waals surface area contributed by atoms with Crippen LogP contribution in [0.1, 0.15) is 48.0 Å². The van der Waals surface area contributed by atoms with Gasteiger partial charge in [0.25, 0.3) is 0 Å². The van der Waals surface area contributed by atoms with Gasteiger partial charge >= 0.3 is 6.09 Å². The molecule has 0 atom stereocenters. The molecule has 0 heterocycles. The van der Waals surface area contributed by atoms with Crippen molar-refractivity contribution in [3.63, 3.8) is 0 Å². The molecule has 0 saturated carbocycles. The minimum atomic E-state index is -0.481. The van der Waals surface area contributed by atoms with Crippen molar-refractivity contribution in [2.24, 2.45) is 0 Å². The molecule has 0 aliphatic carbocycles. The highest BCUT2D eigenvalue weighted by atomic mass is 16.6. The van der Waals surface area contributed by atoms with Gasteiger partial charge in [-0.05, 0) is 54.5 Å². The molecule has 5 nitrogen and oxygen atoms in total. The first kappa shape index (κ1) is 18.2. The van der Waals surface area contributed by atoms with Crippen molar-refractivity contribution >= 4 is 6.09 Å². The van der Waals surface area contributed by atoms with Gasteiger partial charge in [-0.2, -0.15) is 0 Å². The van der Waals surface area contributed by atoms with Crippen molar-refractivity contribution in [3.8, 4) is 0 Å². The van der Waals surface area contributed by atoms with Crippen LogP contribution in [0.3, 0.4) is 0 Å². The summed E-state index contributed by atoms with van der Waals surface area (Å²) in [5.74, 6) is 0. The van der Waals surface area contributed by atoms with E-state index in [9.17, 15) is 4.79 Å². The average Bonchev–Trinajstić information content (AvgIpc) is 2.18. The Morgan fingerprint density at radius 2 is 1.74 bits per heavy atom. The molecule has 0 fully saturated rings. The summed E-state index contributed by atoms with van der Waals surface area (Å²) in [6, 6.07) is 0. The highest BCUT2D eigenvalue weighted by Gasteiger charge is 2.29. The van der Waals surface area contributed by atoms with E-state index in [0.29, 0.717) is 13.1 Å². The lowest BCUT2D eigenvalue weighted by Gasteiger charge is -2.36. The summed E-state index contributed by atoms with van der Waals surface area (Å²) in [7, 11) is 0. The van der Waals surface area contributed by atoms with E-state index in [0.717, 1.165) is 13.0 Å². The summed E-state index contributed by atoms with van der Waals surface area (Å²) in [6.07, 6.45) is 0.436. The van der Waals surface area contributed by atoms with Crippen LogP contribution >= 0.6 is 0 Å². The van der Waals surface area contributed by atoms with Gasteiger partial charge in [-0.3, -0.25) is 0 Å². The van der Waals surface area contributed by atoms with Crippen molar-refractivity contribution in [2.75, 3.05) is 26.2 Å². The van der Waals surface area contributed by atoms with E-state index in [1.165, 1.54) is 0 Å². The molecule has 0 aliphatic rings. The van der Waals surface area contributed by atoms with E-state index in [2.05, 4.69) is 5.32 Å². The van der Waals surface area contributed by atoms with E-state index < -0.39 is 5.60 Å². The lowest BCUT2D eigenvalue weighted by molar-refractivity contribution is 0.00663. The summed E-state index contributed by atoms with van der Waals surface area (Å²) >= 11 is 0. The maximum absolute atomic E-state index is 12.2. The monoisotopic (exact) mass is 274 g/mol. The molecule has 0 saturated heterocycles. The van der Waals surface area contributed by atoms with Crippen molar-refractivity contribution in [3.05, 3.63) is 0 Å². The predicted octanol–water partition coefficient (Wildman–Crippen LogP) is 1.99. The first-order valence-electron chi connectivity index (χ1n) is 6.90. The van der Waals surface area contributed by atoms with Gasteiger partial charge < -0.3 is 20.1 Å². The normalized spacial score (nSPS) is 12.4. The number of amides is 1. The number of carbonyl (C=O) groups excluding carboxylic acids is 1. The summed E-state index contributed by atoms with van der Waals surface area (Å²) < 4.78 is 5.42. The van der Waals surface area contributed by atoms with Gasteiger partial charge in [-0.25, -0.2) is 4.79 Å². The fraction of sp³-hybridized carbons (Fsp3) is 0.929. The minimum Gasteiger partial charge on any atom is -0.444 e. The van der Waals surface area contributed by atoms with E-state index in [1.807, 2.05) is 41.5 Å². The zero-order chi connectivity index (χ0) is 15.1. The van der Waals surface area contributed by atoms with Gasteiger partial charge in [-0.1, -0.05) is 0 Å². The average molecular weight is 274 g/mol. The third kappa shape index (κ3) is 8.83. The molecular formula is C14H30N2O3. The van der Waals surface area contributed by atoms with E-state index in [1.54, 1.807) is 4.90 Å². The maximum Gasteiger partial charge on any atom is 0.410 e. The van der Waals surface area contributed by atoms with Crippen LogP contribution < -0.4 is 5.32 Å². The van der Waals surface area contributed by atoms with E-state index >= 15 is 0 Å². The number of hydrogen-bond acceptors (Lipinski definition) is 4. The number of aliphatic hydroxyl groups excluding tert-OH is 1. The Labute approximate surface area is 117 Å². The second-order valence-electron chi connectivity index (χ2n) is 6.63. The number of hydrogen-bond donors (Lipinski definition) is 2. The molecule has 0 aromatic rings. The second kappa shape index (κ2) is 7.70. The zero-order valence-corrected chi connectivity index (χ0v) is 13.2. The standard InChI is InChI=1S/C14H30N2O3/c1-13(2,3)16(10-9-15-8-7-11-17)12(18)19-14(4,5)6/h15,17H,7-11H2,1-6H3. The topological polar surface area (TPSA) is 61.8 Å². The first-order chi connectivity index (χ1) is 8.58. The number of nitrogens with one attached hydrogen (secondary N) is 1. The Balaban J connectivity index is 4.37. The molecule has 0 radical (unpaired) electrons. The van der Waals surface area contributed by atoms with Crippen molar-refractivity contribution in [1.29, 1.82) is 0 Å². The highest BCUT2D eigenvalue weighted by molar-refractivity contribution is 5.69. The Morgan fingerprint density at radius 3 is 2.16 bits per heavy atom. The Kier molecular flexibility index (Phi) is 7.37. The van der Waals surface area contributed by atoms with Crippen molar-refractivity contribution < 1.29 is 14.6 Å². The lowest BCUT2D eigenvalue weighted by Crippen LogP contribution is -2.50. The molecule has 0 unspecified atom stereocenters. The van der Waals surface area contributed by atoms with E-state index in [-0.39, 0.29) is 18.2 Å². The third-order valence-corrected chi connectivity index (χ3v) is 2.45. The Morgan fingerprint density at radius 1 is 1.16 bits per heavy atom. The molecular weight excluding hydrogens is 244 g/mol. The van der Waals surface area contributed by atoms with Crippen LogP contribution in [-0.4, -0.2) is 53.5 Å². The molecule has 5 heteroatoms. The molecule has 0 aliphatic heterocycles. The van der Waals surface area contributed by atoms with Gasteiger partial charge in [0.2, 0.25) is 0 Å². The predicted molar refractivity (Wildman–Crippen MR) is 77.3 cm³/mol. The quantitative estimate of drug-likeness (QED) is 0.727. The summed E-state index contributed by atoms with van der Waals surface area (Å²) in [6.45, 7) is 13.8. The molecule has 0 bridgehead atoms. The molecule has 0 rings (SSSR count). The number of carbonyl (C=O) groups is 1. The third-order valence-electron chi connectivity index (χ3n) is 2.45. The lowest BCUT2D eigenvalue weighted by atomic mass is 10.1. The molecule has 0 aromatic heterocycles. The second-order valence-corrected chi connectivity index (χ2v) is 6.63.